The van der Waals surface area contributed by atoms with Gasteiger partial charge in [-0.25, -0.2) is 4.98 Å². The summed E-state index contributed by atoms with van der Waals surface area (Å²) in [6, 6.07) is 6.16. The van der Waals surface area contributed by atoms with Crippen LogP contribution in [0.4, 0.5) is 5.69 Å². The Morgan fingerprint density at radius 3 is 2.96 bits per heavy atom. The molecule has 2 aromatic heterocycles. The van der Waals surface area contributed by atoms with Crippen molar-refractivity contribution < 1.29 is 4.92 Å². The van der Waals surface area contributed by atoms with Crippen molar-refractivity contribution in [1.29, 1.82) is 0 Å². The summed E-state index contributed by atoms with van der Waals surface area (Å²) in [6.45, 7) is 1.93. The van der Waals surface area contributed by atoms with E-state index in [0.29, 0.717) is 23.2 Å². The molecule has 1 aromatic carbocycles. The van der Waals surface area contributed by atoms with Crippen molar-refractivity contribution >= 4 is 33.5 Å². The Balaban J connectivity index is 1.83. The SMILES string of the molecule is CCc1nc2sc3c(c2c(=O)n1N=Cc1cccc([N+](=O)[O-])c1)CCCC3. The molecule has 138 valence electrons. The van der Waals surface area contributed by atoms with Crippen molar-refractivity contribution in [3.63, 3.8) is 0 Å². The van der Waals surface area contributed by atoms with Crippen LogP contribution in [0.15, 0.2) is 34.2 Å². The Labute approximate surface area is 159 Å². The molecule has 8 heteroatoms. The van der Waals surface area contributed by atoms with E-state index >= 15 is 0 Å². The van der Waals surface area contributed by atoms with E-state index in [4.69, 9.17) is 0 Å². The number of nitro benzene ring substituents is 1. The lowest BCUT2D eigenvalue weighted by molar-refractivity contribution is -0.384. The number of non-ortho nitro benzene ring substituents is 1. The largest absolute Gasteiger partial charge is 0.283 e. The summed E-state index contributed by atoms with van der Waals surface area (Å²) in [5.74, 6) is 0.591. The van der Waals surface area contributed by atoms with Gasteiger partial charge in [0.2, 0.25) is 0 Å². The maximum absolute atomic E-state index is 13.1. The smallest absolute Gasteiger partial charge is 0.267 e. The summed E-state index contributed by atoms with van der Waals surface area (Å²) in [6.07, 6.45) is 6.20. The average molecular weight is 382 g/mol. The number of hydrogen-bond acceptors (Lipinski definition) is 6. The van der Waals surface area contributed by atoms with Gasteiger partial charge in [0.15, 0.2) is 0 Å². The van der Waals surface area contributed by atoms with Crippen LogP contribution in [-0.4, -0.2) is 20.8 Å². The van der Waals surface area contributed by atoms with E-state index in [0.717, 1.165) is 36.1 Å². The summed E-state index contributed by atoms with van der Waals surface area (Å²) in [5, 5.41) is 15.9. The van der Waals surface area contributed by atoms with Crippen LogP contribution in [0.1, 0.15) is 41.6 Å². The third kappa shape index (κ3) is 3.16. The van der Waals surface area contributed by atoms with E-state index in [9.17, 15) is 14.9 Å². The maximum Gasteiger partial charge on any atom is 0.283 e. The number of thiophene rings is 1. The molecule has 4 rings (SSSR count). The quantitative estimate of drug-likeness (QED) is 0.391. The van der Waals surface area contributed by atoms with Crippen LogP contribution in [0.25, 0.3) is 10.2 Å². The van der Waals surface area contributed by atoms with Crippen LogP contribution in [-0.2, 0) is 19.3 Å². The minimum Gasteiger partial charge on any atom is -0.267 e. The lowest BCUT2D eigenvalue weighted by Crippen LogP contribution is -2.22. The standard InChI is InChI=1S/C19H18N4O3S/c1-2-16-21-18-17(14-8-3-4-9-15(14)27-18)19(24)22(16)20-11-12-6-5-7-13(10-12)23(25)26/h5-7,10-11H,2-4,8-9H2,1H3. The summed E-state index contributed by atoms with van der Waals surface area (Å²) < 4.78 is 1.34. The fraction of sp³-hybridized carbons (Fsp3) is 0.316. The molecule has 0 spiro atoms. The minimum absolute atomic E-state index is 0.0116. The normalized spacial score (nSPS) is 14.0. The van der Waals surface area contributed by atoms with Crippen LogP contribution in [0.5, 0.6) is 0 Å². The number of aryl methyl sites for hydroxylation is 3. The highest BCUT2D eigenvalue weighted by atomic mass is 32.1. The summed E-state index contributed by atoms with van der Waals surface area (Å²) in [5.41, 5.74) is 1.52. The van der Waals surface area contributed by atoms with E-state index in [-0.39, 0.29) is 11.2 Å². The van der Waals surface area contributed by atoms with Crippen LogP contribution >= 0.6 is 11.3 Å². The molecule has 0 aliphatic heterocycles. The van der Waals surface area contributed by atoms with E-state index in [1.165, 1.54) is 27.9 Å². The zero-order chi connectivity index (χ0) is 19.0. The van der Waals surface area contributed by atoms with Gasteiger partial charge >= 0.3 is 0 Å². The first-order valence-electron chi connectivity index (χ1n) is 8.93. The number of nitro groups is 1. The van der Waals surface area contributed by atoms with Crippen molar-refractivity contribution in [1.82, 2.24) is 9.66 Å². The van der Waals surface area contributed by atoms with Gasteiger partial charge in [-0.05, 0) is 31.2 Å². The maximum atomic E-state index is 13.1. The van der Waals surface area contributed by atoms with Gasteiger partial charge < -0.3 is 0 Å². The highest BCUT2D eigenvalue weighted by Gasteiger charge is 2.21. The fourth-order valence-electron chi connectivity index (χ4n) is 3.43. The van der Waals surface area contributed by atoms with Gasteiger partial charge in [0, 0.05) is 29.0 Å². The van der Waals surface area contributed by atoms with Crippen LogP contribution in [0.2, 0.25) is 0 Å². The Morgan fingerprint density at radius 2 is 2.19 bits per heavy atom. The lowest BCUT2D eigenvalue weighted by Gasteiger charge is -2.10. The molecule has 0 unspecified atom stereocenters. The zero-order valence-corrected chi connectivity index (χ0v) is 15.7. The lowest BCUT2D eigenvalue weighted by atomic mass is 9.97. The third-order valence-corrected chi connectivity index (χ3v) is 5.94. The number of nitrogens with zero attached hydrogens (tertiary/aromatic N) is 4. The average Bonchev–Trinajstić information content (AvgIpc) is 3.05. The predicted molar refractivity (Wildman–Crippen MR) is 106 cm³/mol. The van der Waals surface area contributed by atoms with Crippen molar-refractivity contribution in [3.05, 3.63) is 66.6 Å². The van der Waals surface area contributed by atoms with Gasteiger partial charge in [0.05, 0.1) is 16.5 Å². The van der Waals surface area contributed by atoms with E-state index < -0.39 is 4.92 Å². The van der Waals surface area contributed by atoms with Gasteiger partial charge in [0.1, 0.15) is 10.7 Å². The molecule has 1 aliphatic rings. The first-order valence-corrected chi connectivity index (χ1v) is 9.75. The fourth-order valence-corrected chi connectivity index (χ4v) is 4.70. The number of hydrogen-bond donors (Lipinski definition) is 0. The van der Waals surface area contributed by atoms with Crippen molar-refractivity contribution in [3.8, 4) is 0 Å². The Hall–Kier alpha value is -2.87. The van der Waals surface area contributed by atoms with E-state index in [1.54, 1.807) is 23.5 Å². The number of aromatic nitrogens is 2. The second-order valence-corrected chi connectivity index (χ2v) is 7.57. The number of fused-ring (bicyclic) bond motifs is 3. The molecule has 0 atom stereocenters. The van der Waals surface area contributed by atoms with Crippen molar-refractivity contribution in [2.75, 3.05) is 0 Å². The Bertz CT molecular complexity index is 1130. The first kappa shape index (κ1) is 17.5. The Morgan fingerprint density at radius 1 is 1.37 bits per heavy atom. The van der Waals surface area contributed by atoms with Crippen LogP contribution in [0, 0.1) is 10.1 Å². The molecule has 3 aromatic rings. The minimum atomic E-state index is -0.452. The van der Waals surface area contributed by atoms with Gasteiger partial charge in [0.25, 0.3) is 11.2 Å². The Kier molecular flexibility index (Phi) is 4.57. The zero-order valence-electron chi connectivity index (χ0n) is 14.8. The van der Waals surface area contributed by atoms with Gasteiger partial charge in [-0.2, -0.15) is 9.78 Å². The highest BCUT2D eigenvalue weighted by molar-refractivity contribution is 7.18. The molecule has 0 amide bonds. The molecular formula is C19H18N4O3S. The van der Waals surface area contributed by atoms with Crippen molar-refractivity contribution in [2.24, 2.45) is 5.10 Å². The van der Waals surface area contributed by atoms with Gasteiger partial charge in [-0.3, -0.25) is 14.9 Å². The molecule has 0 saturated carbocycles. The van der Waals surface area contributed by atoms with Gasteiger partial charge in [-0.1, -0.05) is 19.1 Å². The highest BCUT2D eigenvalue weighted by Crippen LogP contribution is 2.33. The molecule has 0 N–H and O–H groups in total. The molecular weight excluding hydrogens is 364 g/mol. The molecule has 7 nitrogen and oxygen atoms in total. The topological polar surface area (TPSA) is 90.4 Å². The summed E-state index contributed by atoms with van der Waals surface area (Å²) in [4.78, 5) is 30.4. The van der Waals surface area contributed by atoms with E-state index in [1.807, 2.05) is 6.92 Å². The summed E-state index contributed by atoms with van der Waals surface area (Å²) in [7, 11) is 0. The van der Waals surface area contributed by atoms with Gasteiger partial charge in [-0.15, -0.1) is 11.3 Å². The molecule has 27 heavy (non-hydrogen) atoms. The monoisotopic (exact) mass is 382 g/mol. The third-order valence-electron chi connectivity index (χ3n) is 4.75. The number of rotatable bonds is 4. The second kappa shape index (κ2) is 7.03. The van der Waals surface area contributed by atoms with Crippen LogP contribution < -0.4 is 5.56 Å². The van der Waals surface area contributed by atoms with Crippen molar-refractivity contribution in [2.45, 2.75) is 39.0 Å². The molecule has 0 saturated heterocycles. The number of benzene rings is 1. The van der Waals surface area contributed by atoms with Crippen LogP contribution in [0.3, 0.4) is 0 Å². The molecule has 1 aliphatic carbocycles. The molecule has 0 bridgehead atoms. The molecule has 2 heterocycles. The second-order valence-electron chi connectivity index (χ2n) is 6.49. The van der Waals surface area contributed by atoms with E-state index in [2.05, 4.69) is 10.1 Å². The molecule has 0 fully saturated rings. The molecule has 0 radical (unpaired) electrons. The first-order chi connectivity index (χ1) is 13.1. The summed E-state index contributed by atoms with van der Waals surface area (Å²) >= 11 is 1.62. The predicted octanol–water partition coefficient (Wildman–Crippen LogP) is 3.69.